The Morgan fingerprint density at radius 2 is 2.00 bits per heavy atom. The minimum atomic E-state index is -0.751. The van der Waals surface area contributed by atoms with Crippen LogP contribution in [0.2, 0.25) is 5.02 Å². The molecule has 0 heterocycles. The van der Waals surface area contributed by atoms with Crippen LogP contribution >= 0.6 is 11.6 Å². The van der Waals surface area contributed by atoms with Crippen molar-refractivity contribution in [2.75, 3.05) is 0 Å². The van der Waals surface area contributed by atoms with Gasteiger partial charge >= 0.3 is 0 Å². The summed E-state index contributed by atoms with van der Waals surface area (Å²) in [6.07, 6.45) is 0. The van der Waals surface area contributed by atoms with Gasteiger partial charge in [0.25, 0.3) is 0 Å². The number of amides is 1. The van der Waals surface area contributed by atoms with Gasteiger partial charge < -0.3 is 5.73 Å². The Hall–Kier alpha value is -1.06. The third-order valence-electron chi connectivity index (χ3n) is 2.57. The number of rotatable bonds is 4. The van der Waals surface area contributed by atoms with Gasteiger partial charge in [0, 0.05) is 11.1 Å². The van der Waals surface area contributed by atoms with E-state index in [1.54, 1.807) is 13.8 Å². The van der Waals surface area contributed by atoms with Crippen LogP contribution in [0.1, 0.15) is 32.4 Å². The van der Waals surface area contributed by atoms with Gasteiger partial charge in [0.05, 0.1) is 5.54 Å². The summed E-state index contributed by atoms with van der Waals surface area (Å²) in [5.74, 6) is -0.383. The third-order valence-corrected chi connectivity index (χ3v) is 2.91. The number of carbonyl (C=O) groups excluding carboxylic acids is 1. The molecule has 16 heavy (non-hydrogen) atoms. The number of primary amides is 1. The Bertz CT molecular complexity index is 390. The van der Waals surface area contributed by atoms with Crippen molar-refractivity contribution in [1.29, 1.82) is 0 Å². The predicted molar refractivity (Wildman–Crippen MR) is 66.3 cm³/mol. The number of carbonyl (C=O) groups is 1. The fraction of sp³-hybridized carbons (Fsp3) is 0.417. The predicted octanol–water partition coefficient (Wildman–Crippen LogP) is 2.25. The summed E-state index contributed by atoms with van der Waals surface area (Å²) in [7, 11) is 0. The number of benzene rings is 1. The second kappa shape index (κ2) is 4.85. The van der Waals surface area contributed by atoms with Gasteiger partial charge in [-0.2, -0.15) is 0 Å². The average Bonchev–Trinajstić information content (AvgIpc) is 2.17. The monoisotopic (exact) mass is 240 g/mol. The van der Waals surface area contributed by atoms with Gasteiger partial charge in [-0.05, 0) is 32.4 Å². The van der Waals surface area contributed by atoms with E-state index < -0.39 is 5.54 Å². The van der Waals surface area contributed by atoms with Crippen molar-refractivity contribution >= 4 is 17.5 Å². The van der Waals surface area contributed by atoms with Crippen LogP contribution in [0.3, 0.4) is 0 Å². The summed E-state index contributed by atoms with van der Waals surface area (Å²) >= 11 is 6.07. The van der Waals surface area contributed by atoms with Gasteiger partial charge in [-0.15, -0.1) is 0 Å². The molecule has 4 heteroatoms. The quantitative estimate of drug-likeness (QED) is 0.848. The maximum atomic E-state index is 11.2. The Labute approximate surface area is 101 Å². The minimum Gasteiger partial charge on any atom is -0.368 e. The zero-order valence-electron chi connectivity index (χ0n) is 9.75. The lowest BCUT2D eigenvalue weighted by atomic mass is 10.0. The molecule has 0 fully saturated rings. The SMILES string of the molecule is CC(NC(C)(C)C(N)=O)c1ccccc1Cl. The first-order valence-electron chi connectivity index (χ1n) is 5.16. The smallest absolute Gasteiger partial charge is 0.237 e. The number of nitrogens with two attached hydrogens (primary N) is 1. The van der Waals surface area contributed by atoms with Gasteiger partial charge in [0.1, 0.15) is 0 Å². The second-order valence-corrected chi connectivity index (χ2v) is 4.78. The fourth-order valence-electron chi connectivity index (χ4n) is 1.52. The molecule has 1 rings (SSSR count). The molecule has 1 aromatic rings. The zero-order valence-corrected chi connectivity index (χ0v) is 10.5. The maximum absolute atomic E-state index is 11.2. The van der Waals surface area contributed by atoms with Crippen molar-refractivity contribution in [3.63, 3.8) is 0 Å². The van der Waals surface area contributed by atoms with Crippen LogP contribution in [0, 0.1) is 0 Å². The molecular weight excluding hydrogens is 224 g/mol. The van der Waals surface area contributed by atoms with E-state index >= 15 is 0 Å². The highest BCUT2D eigenvalue weighted by atomic mass is 35.5. The van der Waals surface area contributed by atoms with E-state index in [-0.39, 0.29) is 11.9 Å². The minimum absolute atomic E-state index is 0.0313. The van der Waals surface area contributed by atoms with Gasteiger partial charge in [-0.3, -0.25) is 10.1 Å². The van der Waals surface area contributed by atoms with Gasteiger partial charge in [-0.25, -0.2) is 0 Å². The molecule has 0 saturated carbocycles. The highest BCUT2D eigenvalue weighted by Gasteiger charge is 2.27. The third kappa shape index (κ3) is 2.97. The molecule has 1 unspecified atom stereocenters. The summed E-state index contributed by atoms with van der Waals surface area (Å²) in [6, 6.07) is 7.51. The molecule has 1 atom stereocenters. The summed E-state index contributed by atoms with van der Waals surface area (Å²) in [5, 5.41) is 3.84. The molecule has 0 spiro atoms. The van der Waals surface area contributed by atoms with E-state index in [4.69, 9.17) is 17.3 Å². The molecule has 0 saturated heterocycles. The standard InChI is InChI=1S/C12H17ClN2O/c1-8(15-12(2,3)11(14)16)9-6-4-5-7-10(9)13/h4-8,15H,1-3H3,(H2,14,16). The van der Waals surface area contributed by atoms with Crippen LogP contribution in [0.25, 0.3) is 0 Å². The van der Waals surface area contributed by atoms with Gasteiger partial charge in [-0.1, -0.05) is 29.8 Å². The van der Waals surface area contributed by atoms with Crippen LogP contribution in [-0.2, 0) is 4.79 Å². The summed E-state index contributed by atoms with van der Waals surface area (Å²) < 4.78 is 0. The Morgan fingerprint density at radius 3 is 2.50 bits per heavy atom. The molecular formula is C12H17ClN2O. The molecule has 0 radical (unpaired) electrons. The van der Waals surface area contributed by atoms with Crippen molar-refractivity contribution in [1.82, 2.24) is 5.32 Å². The summed E-state index contributed by atoms with van der Waals surface area (Å²) in [6.45, 7) is 5.46. The zero-order chi connectivity index (χ0) is 12.3. The van der Waals surface area contributed by atoms with Crippen LogP contribution < -0.4 is 11.1 Å². The van der Waals surface area contributed by atoms with Crippen molar-refractivity contribution in [3.8, 4) is 0 Å². The van der Waals surface area contributed by atoms with Crippen molar-refractivity contribution < 1.29 is 4.79 Å². The van der Waals surface area contributed by atoms with E-state index in [0.29, 0.717) is 5.02 Å². The first kappa shape index (κ1) is 13.0. The maximum Gasteiger partial charge on any atom is 0.237 e. The molecule has 0 aliphatic carbocycles. The van der Waals surface area contributed by atoms with Crippen molar-refractivity contribution in [3.05, 3.63) is 34.9 Å². The lowest BCUT2D eigenvalue weighted by molar-refractivity contribution is -0.123. The summed E-state index contributed by atoms with van der Waals surface area (Å²) in [4.78, 5) is 11.2. The number of hydrogen-bond acceptors (Lipinski definition) is 2. The molecule has 0 aromatic heterocycles. The lowest BCUT2D eigenvalue weighted by Gasteiger charge is -2.27. The topological polar surface area (TPSA) is 55.1 Å². The Kier molecular flexibility index (Phi) is 3.94. The number of halogens is 1. The van der Waals surface area contributed by atoms with Gasteiger partial charge in [0.15, 0.2) is 0 Å². The van der Waals surface area contributed by atoms with Crippen molar-refractivity contribution in [2.24, 2.45) is 5.73 Å². The Balaban J connectivity index is 2.85. The highest BCUT2D eigenvalue weighted by Crippen LogP contribution is 2.23. The second-order valence-electron chi connectivity index (χ2n) is 4.38. The summed E-state index contributed by atoms with van der Waals surface area (Å²) in [5.41, 5.74) is 5.51. The molecule has 3 nitrogen and oxygen atoms in total. The highest BCUT2D eigenvalue weighted by molar-refractivity contribution is 6.31. The van der Waals surface area contributed by atoms with E-state index in [1.807, 2.05) is 31.2 Å². The van der Waals surface area contributed by atoms with Gasteiger partial charge in [0.2, 0.25) is 5.91 Å². The first-order chi connectivity index (χ1) is 7.34. The lowest BCUT2D eigenvalue weighted by Crippen LogP contribution is -2.51. The molecule has 3 N–H and O–H groups in total. The van der Waals surface area contributed by atoms with Crippen LogP contribution in [0.15, 0.2) is 24.3 Å². The van der Waals surface area contributed by atoms with E-state index in [2.05, 4.69) is 5.32 Å². The van der Waals surface area contributed by atoms with Crippen LogP contribution in [0.5, 0.6) is 0 Å². The van der Waals surface area contributed by atoms with E-state index in [0.717, 1.165) is 5.56 Å². The number of hydrogen-bond donors (Lipinski definition) is 2. The van der Waals surface area contributed by atoms with Crippen LogP contribution in [0.4, 0.5) is 0 Å². The first-order valence-corrected chi connectivity index (χ1v) is 5.54. The fourth-order valence-corrected chi connectivity index (χ4v) is 1.82. The average molecular weight is 241 g/mol. The van der Waals surface area contributed by atoms with Crippen LogP contribution in [-0.4, -0.2) is 11.4 Å². The molecule has 0 aliphatic rings. The largest absolute Gasteiger partial charge is 0.368 e. The normalized spacial score (nSPS) is 13.5. The van der Waals surface area contributed by atoms with E-state index in [1.165, 1.54) is 0 Å². The molecule has 1 aromatic carbocycles. The Morgan fingerprint density at radius 1 is 1.44 bits per heavy atom. The number of nitrogens with one attached hydrogen (secondary N) is 1. The molecule has 0 aliphatic heterocycles. The van der Waals surface area contributed by atoms with Crippen molar-refractivity contribution in [2.45, 2.75) is 32.4 Å². The molecule has 88 valence electrons. The molecule has 1 amide bonds. The van der Waals surface area contributed by atoms with E-state index in [9.17, 15) is 4.79 Å². The molecule has 0 bridgehead atoms.